The van der Waals surface area contributed by atoms with Crippen LogP contribution in [-0.2, 0) is 6.54 Å². The molecule has 7 heteroatoms. The number of carbonyl (C=O) groups excluding carboxylic acids is 1. The molecule has 2 rings (SSSR count). The molecule has 0 aliphatic heterocycles. The van der Waals surface area contributed by atoms with Crippen LogP contribution in [0.3, 0.4) is 0 Å². The van der Waals surface area contributed by atoms with Gasteiger partial charge in [-0.05, 0) is 0 Å². The second kappa shape index (κ2) is 4.39. The van der Waals surface area contributed by atoms with E-state index in [1.807, 2.05) is 0 Å². The number of hydrogen-bond acceptors (Lipinski definition) is 6. The van der Waals surface area contributed by atoms with Crippen molar-refractivity contribution in [2.24, 2.45) is 0 Å². The molecule has 16 heavy (non-hydrogen) atoms. The van der Waals surface area contributed by atoms with E-state index in [-0.39, 0.29) is 24.0 Å². The van der Waals surface area contributed by atoms with Gasteiger partial charge in [0.05, 0.1) is 25.1 Å². The summed E-state index contributed by atoms with van der Waals surface area (Å²) < 4.78 is 4.82. The van der Waals surface area contributed by atoms with Crippen LogP contribution in [0.1, 0.15) is 16.2 Å². The lowest BCUT2D eigenvalue weighted by atomic mass is 10.4. The number of nitrogens with two attached hydrogens (primary N) is 1. The van der Waals surface area contributed by atoms with E-state index in [9.17, 15) is 4.79 Å². The third kappa shape index (κ3) is 2.32. The molecule has 82 valence electrons. The van der Waals surface area contributed by atoms with Crippen molar-refractivity contribution in [1.29, 1.82) is 0 Å². The molecule has 3 N–H and O–H groups in total. The molecule has 2 heterocycles. The highest BCUT2D eigenvalue weighted by atomic mass is 16.5. The number of anilines is 1. The number of carbonyl (C=O) groups is 1. The third-order valence-electron chi connectivity index (χ3n) is 1.82. The fraction of sp³-hybridized carbons (Fsp3) is 0.111. The molecule has 0 aromatic carbocycles. The smallest absolute Gasteiger partial charge is 0.271 e. The fourth-order valence-corrected chi connectivity index (χ4v) is 1.05. The lowest BCUT2D eigenvalue weighted by molar-refractivity contribution is 0.0941. The number of aromatic nitrogens is 3. The Kier molecular flexibility index (Phi) is 2.77. The summed E-state index contributed by atoms with van der Waals surface area (Å²) in [6, 6.07) is 1.66. The van der Waals surface area contributed by atoms with Crippen molar-refractivity contribution in [2.75, 3.05) is 5.73 Å². The van der Waals surface area contributed by atoms with Gasteiger partial charge in [-0.25, -0.2) is 9.97 Å². The maximum atomic E-state index is 11.5. The maximum Gasteiger partial charge on any atom is 0.271 e. The van der Waals surface area contributed by atoms with Crippen LogP contribution in [0.2, 0.25) is 0 Å². The first-order chi connectivity index (χ1) is 7.75. The minimum Gasteiger partial charge on any atom is -0.382 e. The average Bonchev–Trinajstić information content (AvgIpc) is 2.80. The number of nitrogens with zero attached hydrogens (tertiary/aromatic N) is 3. The Hall–Kier alpha value is -2.44. The SMILES string of the molecule is Nc1cnc(C(=O)NCc2ccno2)cn1. The van der Waals surface area contributed by atoms with Gasteiger partial charge >= 0.3 is 0 Å². The van der Waals surface area contributed by atoms with Gasteiger partial charge in [-0.2, -0.15) is 0 Å². The largest absolute Gasteiger partial charge is 0.382 e. The van der Waals surface area contributed by atoms with Gasteiger partial charge in [0.2, 0.25) is 0 Å². The summed E-state index contributed by atoms with van der Waals surface area (Å²) in [6.45, 7) is 0.255. The van der Waals surface area contributed by atoms with Crippen molar-refractivity contribution in [1.82, 2.24) is 20.4 Å². The van der Waals surface area contributed by atoms with Gasteiger partial charge in [-0.1, -0.05) is 5.16 Å². The minimum absolute atomic E-state index is 0.203. The van der Waals surface area contributed by atoms with Crippen molar-refractivity contribution in [3.63, 3.8) is 0 Å². The van der Waals surface area contributed by atoms with E-state index < -0.39 is 0 Å². The molecule has 0 saturated heterocycles. The van der Waals surface area contributed by atoms with E-state index in [1.165, 1.54) is 18.6 Å². The summed E-state index contributed by atoms with van der Waals surface area (Å²) in [5.74, 6) is 0.493. The fourth-order valence-electron chi connectivity index (χ4n) is 1.05. The summed E-state index contributed by atoms with van der Waals surface area (Å²) in [6.07, 6.45) is 4.14. The van der Waals surface area contributed by atoms with Gasteiger partial charge in [0.15, 0.2) is 5.76 Å². The van der Waals surface area contributed by atoms with Gasteiger partial charge in [0, 0.05) is 6.07 Å². The highest BCUT2D eigenvalue weighted by Gasteiger charge is 2.07. The molecule has 1 amide bonds. The monoisotopic (exact) mass is 219 g/mol. The lowest BCUT2D eigenvalue weighted by Crippen LogP contribution is -2.23. The van der Waals surface area contributed by atoms with Gasteiger partial charge < -0.3 is 15.6 Å². The van der Waals surface area contributed by atoms with Crippen LogP contribution in [0, 0.1) is 0 Å². The molecule has 0 aliphatic carbocycles. The predicted octanol–water partition coefficient (Wildman–Crippen LogP) is -0.0232. The summed E-state index contributed by atoms with van der Waals surface area (Å²) in [5.41, 5.74) is 5.55. The number of nitrogen functional groups attached to an aromatic ring is 1. The van der Waals surface area contributed by atoms with Gasteiger partial charge in [0.1, 0.15) is 11.5 Å². The zero-order valence-corrected chi connectivity index (χ0v) is 8.25. The third-order valence-corrected chi connectivity index (χ3v) is 1.82. The Morgan fingerprint density at radius 3 is 2.94 bits per heavy atom. The number of hydrogen-bond donors (Lipinski definition) is 2. The molecule has 0 unspecified atom stereocenters. The van der Waals surface area contributed by atoms with Gasteiger partial charge in [-0.3, -0.25) is 4.79 Å². The van der Waals surface area contributed by atoms with Crippen molar-refractivity contribution in [2.45, 2.75) is 6.54 Å². The topological polar surface area (TPSA) is 107 Å². The maximum absolute atomic E-state index is 11.5. The predicted molar refractivity (Wildman–Crippen MR) is 54.1 cm³/mol. The normalized spacial score (nSPS) is 10.0. The Balaban J connectivity index is 1.95. The second-order valence-corrected chi connectivity index (χ2v) is 2.99. The van der Waals surface area contributed by atoms with E-state index in [0.29, 0.717) is 5.76 Å². The highest BCUT2D eigenvalue weighted by molar-refractivity contribution is 5.91. The molecule has 2 aromatic rings. The number of nitrogens with one attached hydrogen (secondary N) is 1. The summed E-state index contributed by atoms with van der Waals surface area (Å²) in [4.78, 5) is 19.1. The molecule has 2 aromatic heterocycles. The Bertz CT molecular complexity index is 465. The van der Waals surface area contributed by atoms with Crippen LogP contribution in [0.25, 0.3) is 0 Å². The van der Waals surface area contributed by atoms with E-state index in [0.717, 1.165) is 0 Å². The van der Waals surface area contributed by atoms with Crippen LogP contribution in [0.15, 0.2) is 29.2 Å². The Morgan fingerprint density at radius 2 is 2.31 bits per heavy atom. The van der Waals surface area contributed by atoms with Crippen molar-refractivity contribution < 1.29 is 9.32 Å². The first-order valence-electron chi connectivity index (χ1n) is 4.51. The molecule has 0 spiro atoms. The van der Waals surface area contributed by atoms with Crippen LogP contribution >= 0.6 is 0 Å². The molecule has 0 bridgehead atoms. The Labute approximate surface area is 90.7 Å². The van der Waals surface area contributed by atoms with Crippen LogP contribution < -0.4 is 11.1 Å². The first kappa shape index (κ1) is 10.1. The molecule has 0 radical (unpaired) electrons. The van der Waals surface area contributed by atoms with Crippen molar-refractivity contribution in [3.8, 4) is 0 Å². The van der Waals surface area contributed by atoms with E-state index >= 15 is 0 Å². The van der Waals surface area contributed by atoms with E-state index in [2.05, 4.69) is 20.4 Å². The van der Waals surface area contributed by atoms with Crippen LogP contribution in [-0.4, -0.2) is 21.0 Å². The molecular weight excluding hydrogens is 210 g/mol. The zero-order valence-electron chi connectivity index (χ0n) is 8.25. The standard InChI is InChI=1S/C9H9N5O2/c10-8-5-11-7(4-12-8)9(15)13-3-6-1-2-14-16-6/h1-2,4-5H,3H2,(H2,10,12)(H,13,15). The van der Waals surface area contributed by atoms with Gasteiger partial charge in [0.25, 0.3) is 5.91 Å². The van der Waals surface area contributed by atoms with E-state index in [4.69, 9.17) is 10.3 Å². The minimum atomic E-state index is -0.344. The van der Waals surface area contributed by atoms with E-state index in [1.54, 1.807) is 6.07 Å². The highest BCUT2D eigenvalue weighted by Crippen LogP contribution is 1.98. The molecular formula is C9H9N5O2. The quantitative estimate of drug-likeness (QED) is 0.751. The molecule has 0 saturated carbocycles. The average molecular weight is 219 g/mol. The molecule has 7 nitrogen and oxygen atoms in total. The summed E-state index contributed by atoms with van der Waals surface area (Å²) in [5, 5.41) is 6.12. The zero-order chi connectivity index (χ0) is 11.4. The van der Waals surface area contributed by atoms with Crippen molar-refractivity contribution in [3.05, 3.63) is 36.1 Å². The van der Waals surface area contributed by atoms with Crippen molar-refractivity contribution >= 4 is 11.7 Å². The molecule has 0 atom stereocenters. The van der Waals surface area contributed by atoms with Gasteiger partial charge in [-0.15, -0.1) is 0 Å². The molecule has 0 aliphatic rings. The molecule has 0 fully saturated rings. The first-order valence-corrected chi connectivity index (χ1v) is 4.51. The lowest BCUT2D eigenvalue weighted by Gasteiger charge is -2.01. The summed E-state index contributed by atoms with van der Waals surface area (Å²) >= 11 is 0. The second-order valence-electron chi connectivity index (χ2n) is 2.99. The van der Waals surface area contributed by atoms with Crippen LogP contribution in [0.5, 0.6) is 0 Å². The summed E-state index contributed by atoms with van der Waals surface area (Å²) in [7, 11) is 0. The van der Waals surface area contributed by atoms with Crippen LogP contribution in [0.4, 0.5) is 5.82 Å². The number of rotatable bonds is 3. The Morgan fingerprint density at radius 1 is 1.44 bits per heavy atom. The number of amides is 1.